The second kappa shape index (κ2) is 22.4. The zero-order valence-electron chi connectivity index (χ0n) is 1.24. The molecule has 0 aliphatic rings. The van der Waals surface area contributed by atoms with Gasteiger partial charge in [-0.25, -0.2) is 0 Å². The predicted molar refractivity (Wildman–Crippen MR) is 7.42 cm³/mol. The van der Waals surface area contributed by atoms with Crippen molar-refractivity contribution in [1.29, 1.82) is 0 Å². The van der Waals surface area contributed by atoms with E-state index in [2.05, 4.69) is 15.7 Å². The Hall–Kier alpha value is 1.68. The summed E-state index contributed by atoms with van der Waals surface area (Å²) in [6.07, 6.45) is 0. The van der Waals surface area contributed by atoms with Gasteiger partial charge in [0.1, 0.15) is 0 Å². The van der Waals surface area contributed by atoms with Crippen LogP contribution in [0.1, 0.15) is 7.43 Å². The number of hydrogen-bond acceptors (Lipinski definition) is 1. The zero-order chi connectivity index (χ0) is 2.00. The number of hydrogen-bond donors (Lipinski definition) is 0. The molecule has 0 N–H and O–H groups in total. The van der Waals surface area contributed by atoms with Crippen LogP contribution in [0.5, 0.6) is 0 Å². The molecule has 0 unspecified atom stereocenters. The van der Waals surface area contributed by atoms with E-state index in [1.165, 1.54) is 0 Å². The zero-order valence-corrected chi connectivity index (χ0v) is 5.42. The fourth-order valence-electron chi connectivity index (χ4n) is 0. The first-order valence-corrected chi connectivity index (χ1v) is 0.561. The van der Waals surface area contributed by atoms with Crippen molar-refractivity contribution in [3.63, 3.8) is 0 Å². The van der Waals surface area contributed by atoms with Crippen LogP contribution in [0, 0.1) is 41.7 Å². The first-order chi connectivity index (χ1) is 1.00. The van der Waals surface area contributed by atoms with Crippen LogP contribution in [-0.4, -0.2) is 0 Å². The van der Waals surface area contributed by atoms with Crippen molar-refractivity contribution in [3.05, 3.63) is 0 Å². The van der Waals surface area contributed by atoms with Crippen LogP contribution in [0.4, 0.5) is 0 Å². The Morgan fingerprint density at radius 2 is 1.25 bits per heavy atom. The third-order valence-corrected chi connectivity index (χ3v) is 0. The Labute approximate surface area is 67.7 Å². The quantitative estimate of drug-likeness (QED) is 0.593. The van der Waals surface area contributed by atoms with Crippen LogP contribution in [0.2, 0.25) is 0 Å². The molecule has 0 amide bonds. The van der Waals surface area contributed by atoms with E-state index >= 15 is 0 Å². The molecule has 0 heterocycles. The van der Waals surface area contributed by atoms with E-state index in [0.29, 0.717) is 0 Å². The van der Waals surface area contributed by atoms with Gasteiger partial charge in [0.05, 0.1) is 0 Å². The third-order valence-electron chi connectivity index (χ3n) is 0. The molecule has 0 rings (SSSR count). The Morgan fingerprint density at radius 3 is 1.25 bits per heavy atom. The molecule has 0 aliphatic heterocycles. The molecule has 0 saturated carbocycles. The Morgan fingerprint density at radius 1 is 1.25 bits per heavy atom. The molecule has 0 aromatic heterocycles. The van der Waals surface area contributed by atoms with Crippen LogP contribution in [0.3, 0.4) is 0 Å². The van der Waals surface area contributed by atoms with Gasteiger partial charge in [-0.05, 0) is 0 Å². The molecule has 0 atom stereocenters. The first kappa shape index (κ1) is 17.3. The van der Waals surface area contributed by atoms with E-state index in [0.717, 1.165) is 0 Å². The average Bonchev–Trinajstić information content (AvgIpc) is 1.00. The van der Waals surface area contributed by atoms with Gasteiger partial charge in [-0.2, -0.15) is 0 Å². The van der Waals surface area contributed by atoms with Crippen molar-refractivity contribution in [3.8, 4) is 0 Å². The Bertz CT molecular complexity index is 8.00. The average molecular weight is 231 g/mol. The van der Waals surface area contributed by atoms with E-state index in [1.807, 2.05) is 0 Å². The fourth-order valence-corrected chi connectivity index (χ4v) is 0. The van der Waals surface area contributed by atoms with Gasteiger partial charge >= 0.3 is 19.5 Å². The molecule has 0 aromatic rings. The van der Waals surface area contributed by atoms with E-state index < -0.39 is 0 Å². The molecular formula is CH4CeCoO. The number of rotatable bonds is 0. The molecule has 3 heteroatoms. The summed E-state index contributed by atoms with van der Waals surface area (Å²) in [4.78, 5) is 0. The Kier molecular flexibility index (Phi) is 97.1. The maximum absolute atomic E-state index is 7.94. The van der Waals surface area contributed by atoms with Gasteiger partial charge in [0.25, 0.3) is 0 Å². The predicted octanol–water partition coefficient (Wildman–Crippen LogP) is 0.515. The van der Waals surface area contributed by atoms with Crippen molar-refractivity contribution in [2.24, 2.45) is 0 Å². The second-order valence-corrected chi connectivity index (χ2v) is 0. The van der Waals surface area contributed by atoms with Crippen LogP contribution < -0.4 is 0 Å². The summed E-state index contributed by atoms with van der Waals surface area (Å²) in [7, 11) is 0. The summed E-state index contributed by atoms with van der Waals surface area (Å²) in [5.41, 5.74) is 0. The van der Waals surface area contributed by atoms with Gasteiger partial charge in [0, 0.05) is 41.7 Å². The monoisotopic (exact) mass is 231 g/mol. The van der Waals surface area contributed by atoms with Crippen molar-refractivity contribution in [2.45, 2.75) is 7.43 Å². The standard InChI is InChI=1S/CH4.Ce.Co.O/h1H4;;;. The summed E-state index contributed by atoms with van der Waals surface area (Å²) < 4.78 is 7.94. The minimum absolute atomic E-state index is 0. The molecule has 0 spiro atoms. The first-order valence-electron chi connectivity index (χ1n) is 0.136. The van der Waals surface area contributed by atoms with Crippen LogP contribution in [0.25, 0.3) is 0 Å². The van der Waals surface area contributed by atoms with Gasteiger partial charge in [-0.3, -0.25) is 0 Å². The molecule has 1 nitrogen and oxygen atoms in total. The van der Waals surface area contributed by atoms with Gasteiger partial charge in [0.2, 0.25) is 0 Å². The summed E-state index contributed by atoms with van der Waals surface area (Å²) in [6.45, 7) is 0. The molecule has 4 heavy (non-hydrogen) atoms. The molecule has 0 radical (unpaired) electrons. The van der Waals surface area contributed by atoms with E-state index in [1.54, 1.807) is 0 Å². The van der Waals surface area contributed by atoms with E-state index in [9.17, 15) is 0 Å². The molecule has 27 valence electrons. The maximum atomic E-state index is 7.94. The van der Waals surface area contributed by atoms with Crippen molar-refractivity contribution in [1.82, 2.24) is 0 Å². The molecular weight excluding hydrogens is 227 g/mol. The fraction of sp³-hybridized carbons (Fsp3) is 1.00. The second-order valence-electron chi connectivity index (χ2n) is 0. The third kappa shape index (κ3) is 9.36. The molecule has 0 bridgehead atoms. The minimum atomic E-state index is 0. The molecule has 0 aromatic carbocycles. The van der Waals surface area contributed by atoms with Gasteiger partial charge in [-0.15, -0.1) is 0 Å². The molecule has 0 fully saturated rings. The SMILES string of the molecule is C.[Ce].[O]=[Co]. The summed E-state index contributed by atoms with van der Waals surface area (Å²) >= 11 is 2.31. The van der Waals surface area contributed by atoms with Crippen LogP contribution in [0.15, 0.2) is 0 Å². The van der Waals surface area contributed by atoms with Crippen molar-refractivity contribution >= 4 is 0 Å². The van der Waals surface area contributed by atoms with Crippen molar-refractivity contribution in [2.75, 3.05) is 0 Å². The summed E-state index contributed by atoms with van der Waals surface area (Å²) in [5.74, 6) is 0. The normalized spacial score (nSPS) is 1.25. The summed E-state index contributed by atoms with van der Waals surface area (Å²) in [6, 6.07) is 0. The van der Waals surface area contributed by atoms with Crippen LogP contribution >= 0.6 is 0 Å². The summed E-state index contributed by atoms with van der Waals surface area (Å²) in [5, 5.41) is 0. The molecule has 0 aliphatic carbocycles. The van der Waals surface area contributed by atoms with E-state index in [4.69, 9.17) is 3.87 Å². The van der Waals surface area contributed by atoms with Gasteiger partial charge < -0.3 is 0 Å². The van der Waals surface area contributed by atoms with Gasteiger partial charge in [-0.1, -0.05) is 7.43 Å². The molecule has 0 saturated heterocycles. The van der Waals surface area contributed by atoms with E-state index in [-0.39, 0.29) is 49.2 Å². The van der Waals surface area contributed by atoms with Crippen LogP contribution in [-0.2, 0) is 19.5 Å². The van der Waals surface area contributed by atoms with Gasteiger partial charge in [0.15, 0.2) is 0 Å². The Balaban J connectivity index is -0.00000000500. The van der Waals surface area contributed by atoms with Crippen molar-refractivity contribution < 1.29 is 61.3 Å². The topological polar surface area (TPSA) is 17.1 Å².